The zero-order chi connectivity index (χ0) is 25.3. The summed E-state index contributed by atoms with van der Waals surface area (Å²) in [5.41, 5.74) is 0.118. The van der Waals surface area contributed by atoms with Crippen LogP contribution in [0.3, 0.4) is 0 Å². The van der Waals surface area contributed by atoms with Crippen LogP contribution in [0.25, 0.3) is 5.76 Å². The molecule has 35 heavy (non-hydrogen) atoms. The Hall–Kier alpha value is -4.86. The molecule has 1 saturated heterocycles. The molecule has 176 valence electrons. The molecule has 4 rings (SSSR count). The second kappa shape index (κ2) is 9.18. The van der Waals surface area contributed by atoms with Crippen molar-refractivity contribution >= 4 is 40.4 Å². The van der Waals surface area contributed by atoms with E-state index >= 15 is 0 Å². The maximum atomic E-state index is 14.9. The van der Waals surface area contributed by atoms with E-state index in [9.17, 15) is 34.0 Å². The number of halogens is 1. The number of carbonyl (C=O) groups excluding carboxylic acids is 3. The van der Waals surface area contributed by atoms with E-state index in [0.29, 0.717) is 5.69 Å². The number of rotatable bonds is 5. The van der Waals surface area contributed by atoms with Gasteiger partial charge in [-0.25, -0.2) is 4.39 Å². The number of carbonyl (C=O) groups is 3. The summed E-state index contributed by atoms with van der Waals surface area (Å²) in [5, 5.41) is 24.5. The van der Waals surface area contributed by atoms with Crippen LogP contribution in [0, 0.1) is 15.9 Å². The van der Waals surface area contributed by atoms with Crippen LogP contribution in [-0.4, -0.2) is 27.6 Å². The van der Waals surface area contributed by atoms with Crippen LogP contribution >= 0.6 is 0 Å². The van der Waals surface area contributed by atoms with Gasteiger partial charge in [0.2, 0.25) is 5.91 Å². The number of aliphatic hydroxyl groups is 1. The van der Waals surface area contributed by atoms with Gasteiger partial charge in [0, 0.05) is 41.6 Å². The van der Waals surface area contributed by atoms with Crippen molar-refractivity contribution in [2.75, 3.05) is 10.2 Å². The molecule has 0 aliphatic carbocycles. The molecule has 1 heterocycles. The largest absolute Gasteiger partial charge is 0.507 e. The fraction of sp³-hybridized carbons (Fsp3) is 0.0800. The van der Waals surface area contributed by atoms with Gasteiger partial charge in [-0.15, -0.1) is 0 Å². The number of amides is 2. The van der Waals surface area contributed by atoms with Crippen LogP contribution in [0.5, 0.6) is 0 Å². The third-order valence-electron chi connectivity index (χ3n) is 5.46. The van der Waals surface area contributed by atoms with Crippen molar-refractivity contribution < 1.29 is 28.8 Å². The summed E-state index contributed by atoms with van der Waals surface area (Å²) in [6, 6.07) is 15.0. The Morgan fingerprint density at radius 3 is 2.23 bits per heavy atom. The van der Waals surface area contributed by atoms with Crippen molar-refractivity contribution in [2.24, 2.45) is 0 Å². The third kappa shape index (κ3) is 4.36. The van der Waals surface area contributed by atoms with Crippen LogP contribution < -0.4 is 10.2 Å². The predicted molar refractivity (Wildman–Crippen MR) is 125 cm³/mol. The van der Waals surface area contributed by atoms with Gasteiger partial charge in [0.15, 0.2) is 0 Å². The van der Waals surface area contributed by atoms with Crippen molar-refractivity contribution in [1.29, 1.82) is 0 Å². The molecule has 3 aromatic carbocycles. The van der Waals surface area contributed by atoms with Crippen LogP contribution in [0.1, 0.15) is 24.1 Å². The number of hydrogen-bond acceptors (Lipinski definition) is 6. The number of nitro benzene ring substituents is 1. The molecule has 1 fully saturated rings. The first-order valence-electron chi connectivity index (χ1n) is 10.4. The van der Waals surface area contributed by atoms with E-state index in [4.69, 9.17) is 0 Å². The van der Waals surface area contributed by atoms with Crippen molar-refractivity contribution in [3.63, 3.8) is 0 Å². The Morgan fingerprint density at radius 1 is 1.03 bits per heavy atom. The first-order chi connectivity index (χ1) is 16.7. The fourth-order valence-electron chi connectivity index (χ4n) is 3.90. The lowest BCUT2D eigenvalue weighted by molar-refractivity contribution is -0.384. The Bertz CT molecular complexity index is 1380. The van der Waals surface area contributed by atoms with Gasteiger partial charge >= 0.3 is 0 Å². The normalized spacial score (nSPS) is 16.9. The first kappa shape index (κ1) is 23.3. The highest BCUT2D eigenvalue weighted by atomic mass is 19.1. The molecule has 2 amide bonds. The number of nitrogens with one attached hydrogen (secondary N) is 1. The van der Waals surface area contributed by atoms with E-state index in [0.717, 1.165) is 17.0 Å². The Kier molecular flexibility index (Phi) is 6.11. The van der Waals surface area contributed by atoms with E-state index in [2.05, 4.69) is 5.32 Å². The number of aliphatic hydroxyl groups excluding tert-OH is 1. The van der Waals surface area contributed by atoms with E-state index in [-0.39, 0.29) is 34.0 Å². The van der Waals surface area contributed by atoms with Crippen molar-refractivity contribution in [3.05, 3.63) is 105 Å². The van der Waals surface area contributed by atoms with Gasteiger partial charge in [-0.05, 0) is 42.5 Å². The molecular formula is C25H18FN3O6. The van der Waals surface area contributed by atoms with Gasteiger partial charge in [0.05, 0.1) is 16.5 Å². The molecule has 2 N–H and O–H groups in total. The lowest BCUT2D eigenvalue weighted by atomic mass is 9.94. The number of nitro groups is 1. The number of benzene rings is 3. The monoisotopic (exact) mass is 475 g/mol. The Balaban J connectivity index is 1.88. The highest BCUT2D eigenvalue weighted by Crippen LogP contribution is 2.43. The molecule has 1 aliphatic rings. The third-order valence-corrected chi connectivity index (χ3v) is 5.46. The molecule has 0 saturated carbocycles. The number of hydrogen-bond donors (Lipinski definition) is 2. The molecule has 1 aliphatic heterocycles. The van der Waals surface area contributed by atoms with Crippen LogP contribution in [0.2, 0.25) is 0 Å². The van der Waals surface area contributed by atoms with Crippen molar-refractivity contribution in [3.8, 4) is 0 Å². The molecule has 3 aromatic rings. The Labute approximate surface area is 198 Å². The molecule has 0 radical (unpaired) electrons. The minimum absolute atomic E-state index is 0.0268. The number of nitrogens with zero attached hydrogens (tertiary/aromatic N) is 2. The van der Waals surface area contributed by atoms with Crippen molar-refractivity contribution in [2.45, 2.75) is 13.0 Å². The lowest BCUT2D eigenvalue weighted by Gasteiger charge is -2.26. The quantitative estimate of drug-likeness (QED) is 0.186. The standard InChI is InChI=1S/C25H18FN3O6/c1-14(30)27-16-8-12-17(13-9-16)28-22(19-4-2-3-5-20(19)26)21(24(32)25(28)33)23(31)15-6-10-18(11-7-15)29(34)35/h2-13,22,31H,1H3,(H,27,30)/b23-21+/t22-/m0/s1. The number of anilines is 2. The molecule has 0 spiro atoms. The summed E-state index contributed by atoms with van der Waals surface area (Å²) in [7, 11) is 0. The molecule has 0 aromatic heterocycles. The lowest BCUT2D eigenvalue weighted by Crippen LogP contribution is -2.29. The summed E-state index contributed by atoms with van der Waals surface area (Å²) in [6.07, 6.45) is 0. The highest BCUT2D eigenvalue weighted by Gasteiger charge is 2.47. The average Bonchev–Trinajstić information content (AvgIpc) is 3.09. The topological polar surface area (TPSA) is 130 Å². The van der Waals surface area contributed by atoms with E-state index in [1.807, 2.05) is 0 Å². The van der Waals surface area contributed by atoms with Crippen LogP contribution in [-0.2, 0) is 14.4 Å². The van der Waals surface area contributed by atoms with Gasteiger partial charge in [0.1, 0.15) is 11.6 Å². The predicted octanol–water partition coefficient (Wildman–Crippen LogP) is 4.32. The summed E-state index contributed by atoms with van der Waals surface area (Å²) < 4.78 is 14.9. The van der Waals surface area contributed by atoms with Crippen molar-refractivity contribution in [1.82, 2.24) is 0 Å². The average molecular weight is 475 g/mol. The van der Waals surface area contributed by atoms with Gasteiger partial charge in [-0.2, -0.15) is 0 Å². The van der Waals surface area contributed by atoms with Gasteiger partial charge in [0.25, 0.3) is 17.4 Å². The maximum absolute atomic E-state index is 14.9. The number of Topliss-reactive ketones (excluding diaryl/α,β-unsaturated/α-hetero) is 1. The van der Waals surface area contributed by atoms with Gasteiger partial charge < -0.3 is 10.4 Å². The maximum Gasteiger partial charge on any atom is 0.300 e. The second-order valence-electron chi connectivity index (χ2n) is 7.72. The van der Waals surface area contributed by atoms with E-state index < -0.39 is 34.2 Å². The molecular weight excluding hydrogens is 457 g/mol. The molecule has 9 nitrogen and oxygen atoms in total. The van der Waals surface area contributed by atoms with Gasteiger partial charge in [-0.3, -0.25) is 29.4 Å². The highest BCUT2D eigenvalue weighted by molar-refractivity contribution is 6.51. The molecule has 0 bridgehead atoms. The molecule has 1 atom stereocenters. The van der Waals surface area contributed by atoms with Crippen LogP contribution in [0.15, 0.2) is 78.4 Å². The molecule has 10 heteroatoms. The zero-order valence-electron chi connectivity index (χ0n) is 18.3. The second-order valence-corrected chi connectivity index (χ2v) is 7.72. The molecule has 0 unspecified atom stereocenters. The number of ketones is 1. The zero-order valence-corrected chi connectivity index (χ0v) is 18.3. The summed E-state index contributed by atoms with van der Waals surface area (Å²) in [6.45, 7) is 1.34. The number of non-ortho nitro benzene ring substituents is 1. The first-order valence-corrected chi connectivity index (χ1v) is 10.4. The minimum atomic E-state index is -1.31. The summed E-state index contributed by atoms with van der Waals surface area (Å²) >= 11 is 0. The van der Waals surface area contributed by atoms with E-state index in [1.54, 1.807) is 0 Å². The van der Waals surface area contributed by atoms with Crippen LogP contribution in [0.4, 0.5) is 21.5 Å². The van der Waals surface area contributed by atoms with E-state index in [1.165, 1.54) is 67.6 Å². The SMILES string of the molecule is CC(=O)Nc1ccc(N2C(=O)C(=O)/C(=C(/O)c3ccc([N+](=O)[O-])cc3)[C@@H]2c2ccccc2F)cc1. The smallest absolute Gasteiger partial charge is 0.300 e. The summed E-state index contributed by atoms with van der Waals surface area (Å²) in [4.78, 5) is 48.9. The fourth-order valence-corrected chi connectivity index (χ4v) is 3.90. The summed E-state index contributed by atoms with van der Waals surface area (Å²) in [5.74, 6) is -3.63. The minimum Gasteiger partial charge on any atom is -0.507 e. The Morgan fingerprint density at radius 2 is 1.66 bits per heavy atom. The van der Waals surface area contributed by atoms with Gasteiger partial charge in [-0.1, -0.05) is 18.2 Å².